The number of hydrogen-bond acceptors (Lipinski definition) is 6. The van der Waals surface area contributed by atoms with E-state index in [0.717, 1.165) is 11.8 Å². The van der Waals surface area contributed by atoms with E-state index >= 15 is 0 Å². The number of alkyl halides is 1. The fourth-order valence-electron chi connectivity index (χ4n) is 1.46. The molecule has 1 aliphatic rings. The van der Waals surface area contributed by atoms with Gasteiger partial charge < -0.3 is 29.9 Å². The van der Waals surface area contributed by atoms with Gasteiger partial charge in [-0.25, -0.2) is 0 Å². The molecule has 96 valence electrons. The second kappa shape index (κ2) is 6.85. The highest BCUT2D eigenvalue weighted by Gasteiger charge is 2.43. The van der Waals surface area contributed by atoms with Gasteiger partial charge in [0.15, 0.2) is 6.29 Å². The Morgan fingerprint density at radius 2 is 1.81 bits per heavy atom. The third kappa shape index (κ3) is 3.36. The maximum Gasteiger partial charge on any atom is 0.186 e. The van der Waals surface area contributed by atoms with Gasteiger partial charge in [-0.2, -0.15) is 0 Å². The lowest BCUT2D eigenvalue weighted by Crippen LogP contribution is -2.59. The van der Waals surface area contributed by atoms with E-state index in [1.54, 1.807) is 0 Å². The summed E-state index contributed by atoms with van der Waals surface area (Å²) in [5, 5.41) is 38.2. The summed E-state index contributed by atoms with van der Waals surface area (Å²) >= 11 is 3.22. The molecule has 16 heavy (non-hydrogen) atoms. The predicted octanol–water partition coefficient (Wildman–Crippen LogP) is -1.41. The molecule has 1 aliphatic heterocycles. The van der Waals surface area contributed by atoms with E-state index in [4.69, 9.17) is 14.6 Å². The Morgan fingerprint density at radius 1 is 1.12 bits per heavy atom. The quantitative estimate of drug-likeness (QED) is 0.368. The maximum atomic E-state index is 9.57. The van der Waals surface area contributed by atoms with Gasteiger partial charge in [0, 0.05) is 5.33 Å². The average Bonchev–Trinajstić information content (AvgIpc) is 2.29. The molecule has 1 heterocycles. The van der Waals surface area contributed by atoms with Crippen LogP contribution in [0.3, 0.4) is 0 Å². The molecule has 0 saturated carbocycles. The third-order valence-electron chi connectivity index (χ3n) is 2.41. The molecule has 0 radical (unpaired) electrons. The summed E-state index contributed by atoms with van der Waals surface area (Å²) in [6.45, 7) is -0.0861. The molecule has 0 bridgehead atoms. The maximum absolute atomic E-state index is 9.57. The van der Waals surface area contributed by atoms with Crippen LogP contribution in [0.15, 0.2) is 0 Å². The Hall–Kier alpha value is 0.240. The average molecular weight is 301 g/mol. The van der Waals surface area contributed by atoms with Crippen LogP contribution in [0.5, 0.6) is 0 Å². The van der Waals surface area contributed by atoms with Gasteiger partial charge in [0.05, 0.1) is 13.2 Å². The molecule has 1 rings (SSSR count). The smallest absolute Gasteiger partial charge is 0.186 e. The molecule has 0 aromatic heterocycles. The van der Waals surface area contributed by atoms with Crippen molar-refractivity contribution in [3.05, 3.63) is 0 Å². The van der Waals surface area contributed by atoms with Crippen molar-refractivity contribution >= 4 is 15.9 Å². The topological polar surface area (TPSA) is 99.4 Å². The van der Waals surface area contributed by atoms with E-state index in [0.29, 0.717) is 6.61 Å². The van der Waals surface area contributed by atoms with Crippen LogP contribution < -0.4 is 0 Å². The molecule has 0 aliphatic carbocycles. The van der Waals surface area contributed by atoms with Crippen LogP contribution in [0.25, 0.3) is 0 Å². The Balaban J connectivity index is 2.50. The van der Waals surface area contributed by atoms with Gasteiger partial charge in [-0.3, -0.25) is 0 Å². The first-order valence-electron chi connectivity index (χ1n) is 5.10. The van der Waals surface area contributed by atoms with Gasteiger partial charge in [0.25, 0.3) is 0 Å². The minimum Gasteiger partial charge on any atom is -0.394 e. The van der Waals surface area contributed by atoms with Gasteiger partial charge in [-0.15, -0.1) is 0 Å². The molecular formula is C9H17BrO6. The van der Waals surface area contributed by atoms with Crippen LogP contribution in [0.4, 0.5) is 0 Å². The minimum atomic E-state index is -1.38. The van der Waals surface area contributed by atoms with Crippen molar-refractivity contribution < 1.29 is 29.9 Å². The van der Waals surface area contributed by atoms with Crippen molar-refractivity contribution in [3.8, 4) is 0 Å². The van der Waals surface area contributed by atoms with E-state index in [9.17, 15) is 15.3 Å². The van der Waals surface area contributed by atoms with Gasteiger partial charge in [0.1, 0.15) is 24.4 Å². The van der Waals surface area contributed by atoms with Gasteiger partial charge >= 0.3 is 0 Å². The summed E-state index contributed by atoms with van der Waals surface area (Å²) in [5.74, 6) is 0. The van der Waals surface area contributed by atoms with Crippen molar-refractivity contribution in [2.24, 2.45) is 0 Å². The first-order valence-corrected chi connectivity index (χ1v) is 6.22. The fourth-order valence-corrected chi connectivity index (χ4v) is 1.69. The van der Waals surface area contributed by atoms with Crippen molar-refractivity contribution in [3.63, 3.8) is 0 Å². The monoisotopic (exact) mass is 300 g/mol. The molecule has 4 N–H and O–H groups in total. The van der Waals surface area contributed by atoms with E-state index < -0.39 is 37.3 Å². The Labute approximate surface area is 102 Å². The number of hydrogen-bond donors (Lipinski definition) is 4. The van der Waals surface area contributed by atoms with Gasteiger partial charge in [-0.05, 0) is 6.42 Å². The molecule has 0 aromatic rings. The van der Waals surface area contributed by atoms with Crippen LogP contribution in [-0.4, -0.2) is 69.7 Å². The first-order chi connectivity index (χ1) is 7.61. The second-order valence-corrected chi connectivity index (χ2v) is 4.40. The van der Waals surface area contributed by atoms with Gasteiger partial charge in [-0.1, -0.05) is 15.9 Å². The van der Waals surface area contributed by atoms with Crippen LogP contribution in [0.1, 0.15) is 6.42 Å². The lowest BCUT2D eigenvalue weighted by molar-refractivity contribution is -0.300. The Morgan fingerprint density at radius 3 is 2.38 bits per heavy atom. The van der Waals surface area contributed by atoms with Gasteiger partial charge in [0.2, 0.25) is 0 Å². The number of ether oxygens (including phenoxy) is 2. The van der Waals surface area contributed by atoms with Crippen molar-refractivity contribution in [2.75, 3.05) is 18.5 Å². The standard InChI is InChI=1S/C9H17BrO6/c10-2-1-3-15-9-8(14)7(13)6(12)5(4-11)16-9/h5-9,11-14H,1-4H2/t5-,6-,7+,8-,9-/m1/s1. The Bertz CT molecular complexity index is 202. The zero-order valence-corrected chi connectivity index (χ0v) is 10.3. The highest BCUT2D eigenvalue weighted by atomic mass is 79.9. The lowest BCUT2D eigenvalue weighted by Gasteiger charge is -2.39. The SMILES string of the molecule is OC[C@H]1O[C@@H](OCCCBr)[C@H](O)[C@@H](O)[C@@H]1O. The molecule has 7 heteroatoms. The first kappa shape index (κ1) is 14.3. The Kier molecular flexibility index (Phi) is 6.12. The number of aliphatic hydroxyl groups excluding tert-OH is 4. The number of halogens is 1. The number of aliphatic hydroxyl groups is 4. The van der Waals surface area contributed by atoms with Crippen LogP contribution in [0, 0.1) is 0 Å². The summed E-state index contributed by atoms with van der Waals surface area (Å²) in [6.07, 6.45) is -5.22. The fraction of sp³-hybridized carbons (Fsp3) is 1.00. The van der Waals surface area contributed by atoms with Crippen molar-refractivity contribution in [2.45, 2.75) is 37.1 Å². The van der Waals surface area contributed by atoms with E-state index in [2.05, 4.69) is 15.9 Å². The summed E-state index contributed by atoms with van der Waals surface area (Å²) in [5.41, 5.74) is 0. The number of rotatable bonds is 5. The summed E-state index contributed by atoms with van der Waals surface area (Å²) in [4.78, 5) is 0. The summed E-state index contributed by atoms with van der Waals surface area (Å²) in [6, 6.07) is 0. The zero-order valence-electron chi connectivity index (χ0n) is 8.70. The van der Waals surface area contributed by atoms with E-state index in [1.165, 1.54) is 0 Å². The normalized spacial score (nSPS) is 39.9. The highest BCUT2D eigenvalue weighted by molar-refractivity contribution is 9.09. The molecule has 1 saturated heterocycles. The second-order valence-electron chi connectivity index (χ2n) is 3.61. The van der Waals surface area contributed by atoms with Crippen LogP contribution >= 0.6 is 15.9 Å². The largest absolute Gasteiger partial charge is 0.394 e. The van der Waals surface area contributed by atoms with Crippen LogP contribution in [-0.2, 0) is 9.47 Å². The molecule has 5 atom stereocenters. The molecule has 0 aromatic carbocycles. The van der Waals surface area contributed by atoms with E-state index in [-0.39, 0.29) is 0 Å². The molecule has 6 nitrogen and oxygen atoms in total. The summed E-state index contributed by atoms with van der Waals surface area (Å²) < 4.78 is 10.3. The zero-order chi connectivity index (χ0) is 12.1. The van der Waals surface area contributed by atoms with Crippen LogP contribution in [0.2, 0.25) is 0 Å². The lowest BCUT2D eigenvalue weighted by atomic mass is 9.99. The predicted molar refractivity (Wildman–Crippen MR) is 58.1 cm³/mol. The molecule has 0 spiro atoms. The third-order valence-corrected chi connectivity index (χ3v) is 2.97. The molecule has 1 fully saturated rings. The molecular weight excluding hydrogens is 284 g/mol. The van der Waals surface area contributed by atoms with Crippen molar-refractivity contribution in [1.29, 1.82) is 0 Å². The molecule has 0 unspecified atom stereocenters. The summed E-state index contributed by atoms with van der Waals surface area (Å²) in [7, 11) is 0. The van der Waals surface area contributed by atoms with E-state index in [1.807, 2.05) is 0 Å². The van der Waals surface area contributed by atoms with Crippen molar-refractivity contribution in [1.82, 2.24) is 0 Å². The molecule has 0 amide bonds. The minimum absolute atomic E-state index is 0.355. The highest BCUT2D eigenvalue weighted by Crippen LogP contribution is 2.21.